The van der Waals surface area contributed by atoms with Crippen molar-refractivity contribution in [3.8, 4) is 0 Å². The molecular weight excluding hydrogens is 544 g/mol. The number of rotatable bonds is 8. The molecule has 2 aliphatic heterocycles. The Morgan fingerprint density at radius 3 is 2.17 bits per heavy atom. The molecule has 242 valence electrons. The molecule has 3 fully saturated rings. The van der Waals surface area contributed by atoms with E-state index >= 15 is 0 Å². The van der Waals surface area contributed by atoms with Gasteiger partial charge in [0.2, 0.25) is 0 Å². The van der Waals surface area contributed by atoms with E-state index in [2.05, 4.69) is 40.3 Å². The zero-order chi connectivity index (χ0) is 31.4. The van der Waals surface area contributed by atoms with Crippen LogP contribution in [0.2, 0.25) is 0 Å². The van der Waals surface area contributed by atoms with Gasteiger partial charge in [0.25, 0.3) is 0 Å². The third-order valence-electron chi connectivity index (χ3n) is 11.5. The maximum absolute atomic E-state index is 11.2. The molecule has 1 unspecified atom stereocenters. The molecule has 0 spiro atoms. The summed E-state index contributed by atoms with van der Waals surface area (Å²) < 4.78 is 24.0. The van der Waals surface area contributed by atoms with Crippen molar-refractivity contribution in [3.05, 3.63) is 24.3 Å². The van der Waals surface area contributed by atoms with E-state index in [4.69, 9.17) is 18.9 Å². The smallest absolute Gasteiger partial charge is 0.187 e. The molecule has 0 aromatic rings. The first kappa shape index (κ1) is 34.0. The average molecular weight is 599 g/mol. The van der Waals surface area contributed by atoms with Crippen molar-refractivity contribution in [2.24, 2.45) is 22.7 Å². The molecule has 6 N–H and O–H groups in total. The Bertz CT molecular complexity index is 990. The van der Waals surface area contributed by atoms with Crippen LogP contribution < -0.4 is 0 Å². The van der Waals surface area contributed by atoms with Gasteiger partial charge in [-0.05, 0) is 77.0 Å². The first-order valence-corrected chi connectivity index (χ1v) is 15.5. The van der Waals surface area contributed by atoms with Crippen LogP contribution in [-0.2, 0) is 18.9 Å². The highest BCUT2D eigenvalue weighted by atomic mass is 16.8. The van der Waals surface area contributed by atoms with Gasteiger partial charge in [-0.2, -0.15) is 0 Å². The predicted octanol–water partition coefficient (Wildman–Crippen LogP) is 2.18. The van der Waals surface area contributed by atoms with Gasteiger partial charge in [-0.25, -0.2) is 0 Å². The Morgan fingerprint density at radius 1 is 0.952 bits per heavy atom. The highest BCUT2D eigenvalue weighted by Crippen LogP contribution is 2.62. The second-order valence-corrected chi connectivity index (χ2v) is 14.1. The van der Waals surface area contributed by atoms with Crippen LogP contribution in [0.5, 0.6) is 0 Å². The van der Waals surface area contributed by atoms with E-state index < -0.39 is 73.1 Å². The highest BCUT2D eigenvalue weighted by molar-refractivity contribution is 5.23. The lowest BCUT2D eigenvalue weighted by Crippen LogP contribution is -2.64. The van der Waals surface area contributed by atoms with Gasteiger partial charge < -0.3 is 49.6 Å². The molecular formula is C32H54O10. The SMILES string of the molecule is C=C[C@@](C)(CC[C@]1(C)[C@@H](C)CC(O)[C@]2(C)C(C)=CCC[C@@H]12)O[C@@H]1O[C@@H](C)[C@H](O)[C@@H](O)[C@H]1O[C@@H]1O[C@@H](C)[C@@H](O)[C@@H](O)[C@@H]1O. The van der Waals surface area contributed by atoms with Crippen LogP contribution in [0.4, 0.5) is 0 Å². The number of hydrogen-bond donors (Lipinski definition) is 6. The average Bonchev–Trinajstić information content (AvgIpc) is 2.94. The van der Waals surface area contributed by atoms with Crippen LogP contribution in [0.3, 0.4) is 0 Å². The fourth-order valence-corrected chi connectivity index (χ4v) is 7.90. The summed E-state index contributed by atoms with van der Waals surface area (Å²) in [6.07, 6.45) is -5.01. The van der Waals surface area contributed by atoms with E-state index in [0.29, 0.717) is 12.8 Å². The Morgan fingerprint density at radius 2 is 1.55 bits per heavy atom. The second kappa shape index (κ2) is 12.5. The second-order valence-electron chi connectivity index (χ2n) is 14.1. The third kappa shape index (κ3) is 5.89. The van der Waals surface area contributed by atoms with Crippen LogP contribution >= 0.6 is 0 Å². The summed E-state index contributed by atoms with van der Waals surface area (Å²) in [5, 5.41) is 63.7. The van der Waals surface area contributed by atoms with Gasteiger partial charge in [-0.1, -0.05) is 38.5 Å². The maximum atomic E-state index is 11.2. The quantitative estimate of drug-likeness (QED) is 0.229. The van der Waals surface area contributed by atoms with Crippen LogP contribution in [0, 0.1) is 22.7 Å². The molecule has 2 heterocycles. The van der Waals surface area contributed by atoms with E-state index in [1.165, 1.54) is 12.5 Å². The minimum absolute atomic E-state index is 0.0867. The number of fused-ring (bicyclic) bond motifs is 1. The van der Waals surface area contributed by atoms with Crippen LogP contribution in [0.15, 0.2) is 24.3 Å². The van der Waals surface area contributed by atoms with Gasteiger partial charge in [0, 0.05) is 5.41 Å². The molecule has 1 saturated carbocycles. The summed E-state index contributed by atoms with van der Waals surface area (Å²) in [5.41, 5.74) is -0.0420. The van der Waals surface area contributed by atoms with Gasteiger partial charge in [0.05, 0.1) is 23.9 Å². The largest absolute Gasteiger partial charge is 0.392 e. The van der Waals surface area contributed by atoms with Gasteiger partial charge in [-0.3, -0.25) is 0 Å². The zero-order valence-corrected chi connectivity index (χ0v) is 26.2. The van der Waals surface area contributed by atoms with Gasteiger partial charge in [0.15, 0.2) is 12.6 Å². The third-order valence-corrected chi connectivity index (χ3v) is 11.5. The molecule has 4 rings (SSSR count). The van der Waals surface area contributed by atoms with Gasteiger partial charge >= 0.3 is 0 Å². The molecule has 2 saturated heterocycles. The van der Waals surface area contributed by atoms with E-state index in [1.54, 1.807) is 13.0 Å². The van der Waals surface area contributed by atoms with Crippen molar-refractivity contribution in [1.82, 2.24) is 0 Å². The number of aliphatic hydroxyl groups excluding tert-OH is 6. The van der Waals surface area contributed by atoms with Crippen molar-refractivity contribution in [3.63, 3.8) is 0 Å². The number of allylic oxidation sites excluding steroid dienone is 1. The molecule has 4 aliphatic rings. The first-order valence-electron chi connectivity index (χ1n) is 15.5. The summed E-state index contributed by atoms with van der Waals surface area (Å²) in [6, 6.07) is 0. The fourth-order valence-electron chi connectivity index (χ4n) is 7.90. The summed E-state index contributed by atoms with van der Waals surface area (Å²) in [5.74, 6) is 0.564. The van der Waals surface area contributed by atoms with E-state index in [-0.39, 0.29) is 22.7 Å². The van der Waals surface area contributed by atoms with Crippen LogP contribution in [0.25, 0.3) is 0 Å². The van der Waals surface area contributed by atoms with Crippen LogP contribution in [-0.4, -0.2) is 104 Å². The molecule has 0 aromatic heterocycles. The van der Waals surface area contributed by atoms with Crippen molar-refractivity contribution in [2.45, 2.75) is 154 Å². The Hall–Kier alpha value is -0.920. The lowest BCUT2D eigenvalue weighted by atomic mass is 9.46. The first-order chi connectivity index (χ1) is 19.5. The van der Waals surface area contributed by atoms with E-state index in [1.807, 2.05) is 6.92 Å². The normalized spacial score (nSPS) is 51.3. The molecule has 42 heavy (non-hydrogen) atoms. The standard InChI is InChI=1S/C32H54O10/c1-9-30(6,13-14-31(7)17(3)15-21(33)32(8)16(2)11-10-12-20(31)32)42-29-27(25(37)23(35)19(5)40-29)41-28-26(38)24(36)22(34)18(4)39-28/h9,11,17-29,33-38H,1,10,12-15H2,2-8H3/t17-,18-,19-,20-,21?,22+,23-,24+,25+,26-,27+,28-,29-,30-,31+,32+/m0/s1. The predicted molar refractivity (Wildman–Crippen MR) is 155 cm³/mol. The zero-order valence-electron chi connectivity index (χ0n) is 26.2. The summed E-state index contributed by atoms with van der Waals surface area (Å²) in [4.78, 5) is 0. The molecule has 10 nitrogen and oxygen atoms in total. The maximum Gasteiger partial charge on any atom is 0.187 e. The molecule has 10 heteroatoms. The Labute approximate surface area is 250 Å². The molecule has 16 atom stereocenters. The number of aliphatic hydroxyl groups is 6. The lowest BCUT2D eigenvalue weighted by Gasteiger charge is -2.60. The Kier molecular flexibility index (Phi) is 10.1. The summed E-state index contributed by atoms with van der Waals surface area (Å²) in [6.45, 7) is 18.0. The van der Waals surface area contributed by atoms with Crippen molar-refractivity contribution < 1.29 is 49.6 Å². The summed E-state index contributed by atoms with van der Waals surface area (Å²) >= 11 is 0. The molecule has 0 aromatic carbocycles. The minimum Gasteiger partial charge on any atom is -0.392 e. The molecule has 0 amide bonds. The highest BCUT2D eigenvalue weighted by Gasteiger charge is 2.58. The lowest BCUT2D eigenvalue weighted by molar-refractivity contribution is -0.370. The topological polar surface area (TPSA) is 158 Å². The van der Waals surface area contributed by atoms with E-state index in [0.717, 1.165) is 19.3 Å². The van der Waals surface area contributed by atoms with Crippen molar-refractivity contribution in [1.29, 1.82) is 0 Å². The van der Waals surface area contributed by atoms with Crippen molar-refractivity contribution >= 4 is 0 Å². The Balaban J connectivity index is 1.54. The van der Waals surface area contributed by atoms with Gasteiger partial charge in [-0.15, -0.1) is 6.58 Å². The number of hydrogen-bond acceptors (Lipinski definition) is 10. The van der Waals surface area contributed by atoms with Crippen LogP contribution in [0.1, 0.15) is 80.6 Å². The monoisotopic (exact) mass is 598 g/mol. The van der Waals surface area contributed by atoms with Gasteiger partial charge in [0.1, 0.15) is 36.6 Å². The summed E-state index contributed by atoms with van der Waals surface area (Å²) in [7, 11) is 0. The molecule has 0 bridgehead atoms. The van der Waals surface area contributed by atoms with Crippen molar-refractivity contribution in [2.75, 3.05) is 0 Å². The minimum atomic E-state index is -1.60. The fraction of sp³-hybridized carbons (Fsp3) is 0.875. The molecule has 0 radical (unpaired) electrons. The molecule has 2 aliphatic carbocycles. The van der Waals surface area contributed by atoms with E-state index in [9.17, 15) is 30.6 Å². The number of ether oxygens (including phenoxy) is 4.